The number of nitrogens with one attached hydrogen (secondary N) is 2. The molecular weight excluding hydrogens is 403 g/mol. The minimum Gasteiger partial charge on any atom is -0.308 e. The van der Waals surface area contributed by atoms with Crippen LogP contribution in [0.15, 0.2) is 42.5 Å². The van der Waals surface area contributed by atoms with Crippen LogP contribution in [0.1, 0.15) is 10.6 Å². The third-order valence-electron chi connectivity index (χ3n) is 3.15. The number of aromatic nitrogens is 2. The SMILES string of the molecule is O=C(Nc1ccc(Cl)cc1)Nc1nnc(Cc2ccc(Cl)cc2Cl)s1. The molecule has 0 spiro atoms. The van der Waals surface area contributed by atoms with Gasteiger partial charge in [-0.15, -0.1) is 10.2 Å². The molecule has 5 nitrogen and oxygen atoms in total. The van der Waals surface area contributed by atoms with Crippen molar-refractivity contribution in [3.8, 4) is 0 Å². The monoisotopic (exact) mass is 412 g/mol. The lowest BCUT2D eigenvalue weighted by atomic mass is 10.2. The normalized spacial score (nSPS) is 10.5. The van der Waals surface area contributed by atoms with E-state index < -0.39 is 6.03 Å². The van der Waals surface area contributed by atoms with Gasteiger partial charge in [0.25, 0.3) is 0 Å². The summed E-state index contributed by atoms with van der Waals surface area (Å²) < 4.78 is 0. The zero-order valence-electron chi connectivity index (χ0n) is 12.6. The second-order valence-corrected chi connectivity index (χ2v) is 7.34. The molecule has 2 aromatic carbocycles. The number of hydrogen-bond acceptors (Lipinski definition) is 4. The number of carbonyl (C=O) groups excluding carboxylic acids is 1. The maximum atomic E-state index is 12.0. The lowest BCUT2D eigenvalue weighted by Gasteiger charge is -2.04. The van der Waals surface area contributed by atoms with E-state index in [0.717, 1.165) is 10.6 Å². The fraction of sp³-hybridized carbons (Fsp3) is 0.0625. The average molecular weight is 414 g/mol. The van der Waals surface area contributed by atoms with E-state index >= 15 is 0 Å². The number of amides is 2. The van der Waals surface area contributed by atoms with Gasteiger partial charge in [-0.05, 0) is 42.0 Å². The number of anilines is 2. The van der Waals surface area contributed by atoms with E-state index in [-0.39, 0.29) is 0 Å². The van der Waals surface area contributed by atoms with Gasteiger partial charge in [-0.2, -0.15) is 0 Å². The average Bonchev–Trinajstić information content (AvgIpc) is 2.99. The molecule has 0 saturated heterocycles. The van der Waals surface area contributed by atoms with Gasteiger partial charge in [-0.25, -0.2) is 4.79 Å². The molecule has 0 aliphatic carbocycles. The molecule has 0 aliphatic rings. The first-order valence-corrected chi connectivity index (χ1v) is 9.04. The van der Waals surface area contributed by atoms with Crippen molar-refractivity contribution in [1.82, 2.24) is 10.2 Å². The molecule has 128 valence electrons. The van der Waals surface area contributed by atoms with Crippen molar-refractivity contribution >= 4 is 63.0 Å². The van der Waals surface area contributed by atoms with Crippen molar-refractivity contribution < 1.29 is 4.79 Å². The summed E-state index contributed by atoms with van der Waals surface area (Å²) in [7, 11) is 0. The first-order chi connectivity index (χ1) is 12.0. The fourth-order valence-corrected chi connectivity index (χ4v) is 3.36. The van der Waals surface area contributed by atoms with E-state index in [1.807, 2.05) is 6.07 Å². The number of hydrogen-bond donors (Lipinski definition) is 2. The third-order valence-corrected chi connectivity index (χ3v) is 4.82. The number of rotatable bonds is 4. The van der Waals surface area contributed by atoms with Crippen LogP contribution in [0, 0.1) is 0 Å². The van der Waals surface area contributed by atoms with Gasteiger partial charge in [-0.3, -0.25) is 5.32 Å². The molecule has 0 fully saturated rings. The highest BCUT2D eigenvalue weighted by molar-refractivity contribution is 7.15. The Bertz CT molecular complexity index is 899. The third kappa shape index (κ3) is 5.06. The highest BCUT2D eigenvalue weighted by Gasteiger charge is 2.10. The van der Waals surface area contributed by atoms with Crippen LogP contribution in [0.5, 0.6) is 0 Å². The van der Waals surface area contributed by atoms with Gasteiger partial charge in [0.05, 0.1) is 0 Å². The summed E-state index contributed by atoms with van der Waals surface area (Å²) in [6.07, 6.45) is 0.508. The second kappa shape index (κ2) is 8.01. The summed E-state index contributed by atoms with van der Waals surface area (Å²) in [5.74, 6) is 0. The van der Waals surface area contributed by atoms with Crippen molar-refractivity contribution in [1.29, 1.82) is 0 Å². The first kappa shape index (κ1) is 17.9. The Balaban J connectivity index is 1.61. The van der Waals surface area contributed by atoms with Gasteiger partial charge in [0.2, 0.25) is 5.13 Å². The standard InChI is InChI=1S/C16H11Cl3N4OS/c17-10-3-5-12(6-4-10)20-15(24)21-16-23-22-14(25-16)7-9-1-2-11(18)8-13(9)19/h1-6,8H,7H2,(H2,20,21,23,24). The van der Waals surface area contributed by atoms with Crippen LogP contribution in [-0.4, -0.2) is 16.2 Å². The molecule has 0 bridgehead atoms. The molecule has 1 aromatic heterocycles. The van der Waals surface area contributed by atoms with Gasteiger partial charge in [0, 0.05) is 27.2 Å². The van der Waals surface area contributed by atoms with E-state index in [2.05, 4.69) is 20.8 Å². The Morgan fingerprint density at radius 1 is 0.960 bits per heavy atom. The van der Waals surface area contributed by atoms with Crippen molar-refractivity contribution in [3.05, 3.63) is 68.1 Å². The number of nitrogens with zero attached hydrogens (tertiary/aromatic N) is 2. The van der Waals surface area contributed by atoms with E-state index in [1.54, 1.807) is 36.4 Å². The van der Waals surface area contributed by atoms with E-state index in [4.69, 9.17) is 34.8 Å². The second-order valence-electron chi connectivity index (χ2n) is 5.00. The maximum Gasteiger partial charge on any atom is 0.325 e. The van der Waals surface area contributed by atoms with Crippen LogP contribution in [0.3, 0.4) is 0 Å². The van der Waals surface area contributed by atoms with Crippen LogP contribution < -0.4 is 10.6 Å². The molecule has 0 aliphatic heterocycles. The van der Waals surface area contributed by atoms with Crippen LogP contribution in [0.4, 0.5) is 15.6 Å². The van der Waals surface area contributed by atoms with Crippen molar-refractivity contribution in [2.45, 2.75) is 6.42 Å². The molecule has 2 N–H and O–H groups in total. The minimum atomic E-state index is -0.408. The predicted octanol–water partition coefficient (Wildman–Crippen LogP) is 5.73. The molecule has 0 atom stereocenters. The van der Waals surface area contributed by atoms with Gasteiger partial charge in [0.1, 0.15) is 5.01 Å². The molecule has 1 heterocycles. The van der Waals surface area contributed by atoms with Crippen molar-refractivity contribution in [3.63, 3.8) is 0 Å². The Morgan fingerprint density at radius 3 is 2.40 bits per heavy atom. The first-order valence-electron chi connectivity index (χ1n) is 7.09. The Kier molecular flexibility index (Phi) is 5.75. The van der Waals surface area contributed by atoms with Gasteiger partial charge < -0.3 is 5.32 Å². The summed E-state index contributed by atoms with van der Waals surface area (Å²) in [6, 6.07) is 11.7. The van der Waals surface area contributed by atoms with Crippen LogP contribution in [0.2, 0.25) is 15.1 Å². The molecule has 0 radical (unpaired) electrons. The van der Waals surface area contributed by atoms with Crippen LogP contribution in [-0.2, 0) is 6.42 Å². The zero-order chi connectivity index (χ0) is 17.8. The quantitative estimate of drug-likeness (QED) is 0.573. The van der Waals surface area contributed by atoms with Gasteiger partial charge in [-0.1, -0.05) is 52.2 Å². The zero-order valence-corrected chi connectivity index (χ0v) is 15.7. The summed E-state index contributed by atoms with van der Waals surface area (Å²) in [6.45, 7) is 0. The van der Waals surface area contributed by atoms with Gasteiger partial charge >= 0.3 is 6.03 Å². The van der Waals surface area contributed by atoms with Crippen LogP contribution in [0.25, 0.3) is 0 Å². The summed E-state index contributed by atoms with van der Waals surface area (Å²) in [4.78, 5) is 12.0. The molecular formula is C16H11Cl3N4OS. The Morgan fingerprint density at radius 2 is 1.68 bits per heavy atom. The number of carbonyl (C=O) groups is 1. The highest BCUT2D eigenvalue weighted by atomic mass is 35.5. The molecule has 25 heavy (non-hydrogen) atoms. The lowest BCUT2D eigenvalue weighted by molar-refractivity contribution is 0.262. The molecule has 9 heteroatoms. The van der Waals surface area contributed by atoms with E-state index in [9.17, 15) is 4.79 Å². The highest BCUT2D eigenvalue weighted by Crippen LogP contribution is 2.25. The Hall–Kier alpha value is -1.86. The maximum absolute atomic E-state index is 12.0. The smallest absolute Gasteiger partial charge is 0.308 e. The number of benzene rings is 2. The van der Waals surface area contributed by atoms with E-state index in [0.29, 0.717) is 32.3 Å². The molecule has 3 aromatic rings. The molecule has 3 rings (SSSR count). The van der Waals surface area contributed by atoms with E-state index in [1.165, 1.54) is 11.3 Å². The fourth-order valence-electron chi connectivity index (χ4n) is 2.00. The molecule has 0 unspecified atom stereocenters. The molecule has 0 saturated carbocycles. The van der Waals surface area contributed by atoms with Crippen molar-refractivity contribution in [2.75, 3.05) is 10.6 Å². The van der Waals surface area contributed by atoms with Crippen LogP contribution >= 0.6 is 46.1 Å². The summed E-state index contributed by atoms with van der Waals surface area (Å²) in [5.41, 5.74) is 1.51. The lowest BCUT2D eigenvalue weighted by Crippen LogP contribution is -2.19. The Labute approximate surface area is 162 Å². The number of halogens is 3. The topological polar surface area (TPSA) is 66.9 Å². The predicted molar refractivity (Wildman–Crippen MR) is 103 cm³/mol. The largest absolute Gasteiger partial charge is 0.325 e. The minimum absolute atomic E-state index is 0.395. The van der Waals surface area contributed by atoms with Crippen molar-refractivity contribution in [2.24, 2.45) is 0 Å². The van der Waals surface area contributed by atoms with Gasteiger partial charge in [0.15, 0.2) is 0 Å². The summed E-state index contributed by atoms with van der Waals surface area (Å²) >= 11 is 19.1. The molecule has 2 amide bonds. The number of urea groups is 1. The summed E-state index contributed by atoms with van der Waals surface area (Å²) in [5, 5.41) is 16.2.